The fourth-order valence-electron chi connectivity index (χ4n) is 4.83. The number of likely N-dealkylation sites (tertiary alicyclic amines) is 1. The van der Waals surface area contributed by atoms with Crippen molar-refractivity contribution in [2.24, 2.45) is 4.99 Å². The first-order valence-corrected chi connectivity index (χ1v) is 11.2. The number of carbonyl (C=O) groups is 1. The van der Waals surface area contributed by atoms with Crippen molar-refractivity contribution in [3.8, 4) is 11.1 Å². The fourth-order valence-corrected chi connectivity index (χ4v) is 4.83. The summed E-state index contributed by atoms with van der Waals surface area (Å²) in [5, 5.41) is 0. The number of carbonyl (C=O) groups excluding carboxylic acids is 1. The van der Waals surface area contributed by atoms with Crippen molar-refractivity contribution in [2.45, 2.75) is 39.0 Å². The number of aryl methyl sites for hydroxylation is 1. The molecule has 3 aromatic rings. The van der Waals surface area contributed by atoms with Crippen molar-refractivity contribution < 1.29 is 4.79 Å². The number of nitrogens with zero attached hydrogens (tertiary/aromatic N) is 2. The van der Waals surface area contributed by atoms with E-state index in [1.807, 2.05) is 29.3 Å². The number of aliphatic imine (C=N–C) groups is 1. The first kappa shape index (κ1) is 19.7. The molecule has 0 atom stereocenters. The minimum atomic E-state index is 0.133. The second-order valence-electron chi connectivity index (χ2n) is 8.80. The lowest BCUT2D eigenvalue weighted by Gasteiger charge is -2.32. The SMILES string of the molecule is Cc1cccc(-c2ccc(C3CCN(C(=O)c4ccc5c(c4)N=CC5)CC3)cc2)c1C. The smallest absolute Gasteiger partial charge is 0.253 e. The molecule has 1 saturated heterocycles. The first-order chi connectivity index (χ1) is 15.1. The quantitative estimate of drug-likeness (QED) is 0.504. The second-order valence-corrected chi connectivity index (χ2v) is 8.80. The molecule has 0 spiro atoms. The van der Waals surface area contributed by atoms with Crippen molar-refractivity contribution >= 4 is 17.8 Å². The monoisotopic (exact) mass is 408 g/mol. The van der Waals surface area contributed by atoms with Gasteiger partial charge in [-0.15, -0.1) is 0 Å². The van der Waals surface area contributed by atoms with Crippen LogP contribution >= 0.6 is 0 Å². The summed E-state index contributed by atoms with van der Waals surface area (Å²) in [6.07, 6.45) is 4.81. The Labute approximate surface area is 184 Å². The molecule has 3 nitrogen and oxygen atoms in total. The summed E-state index contributed by atoms with van der Waals surface area (Å²) >= 11 is 0. The van der Waals surface area contributed by atoms with E-state index in [0.717, 1.165) is 43.6 Å². The van der Waals surface area contributed by atoms with E-state index in [9.17, 15) is 4.79 Å². The molecule has 31 heavy (non-hydrogen) atoms. The Bertz CT molecular complexity index is 1150. The van der Waals surface area contributed by atoms with E-state index in [4.69, 9.17) is 0 Å². The van der Waals surface area contributed by atoms with Crippen LogP contribution in [0.2, 0.25) is 0 Å². The number of rotatable bonds is 3. The van der Waals surface area contributed by atoms with Crippen LogP contribution in [0, 0.1) is 13.8 Å². The maximum absolute atomic E-state index is 13.0. The molecule has 0 unspecified atom stereocenters. The third-order valence-corrected chi connectivity index (χ3v) is 6.95. The van der Waals surface area contributed by atoms with Crippen LogP contribution < -0.4 is 0 Å². The van der Waals surface area contributed by atoms with Crippen LogP contribution in [0.3, 0.4) is 0 Å². The molecule has 0 saturated carbocycles. The van der Waals surface area contributed by atoms with Gasteiger partial charge in [0.25, 0.3) is 5.91 Å². The minimum Gasteiger partial charge on any atom is -0.339 e. The average Bonchev–Trinajstić information content (AvgIpc) is 3.29. The Balaban J connectivity index is 1.25. The average molecular weight is 409 g/mol. The Morgan fingerprint density at radius 2 is 1.74 bits per heavy atom. The van der Waals surface area contributed by atoms with Crippen LogP contribution in [0.15, 0.2) is 65.7 Å². The van der Waals surface area contributed by atoms with Gasteiger partial charge in [0.2, 0.25) is 0 Å². The van der Waals surface area contributed by atoms with Gasteiger partial charge in [0, 0.05) is 31.3 Å². The number of hydrogen-bond acceptors (Lipinski definition) is 2. The standard InChI is InChI=1S/C28H28N2O/c1-19-4-3-5-26(20(19)2)23-8-6-21(7-9-23)22-13-16-30(17-14-22)28(31)25-11-10-24-12-15-29-27(24)18-25/h3-11,15,18,22H,12-14,16-17H2,1-2H3. The Hall–Kier alpha value is -3.20. The molecule has 2 aliphatic heterocycles. The molecule has 3 aromatic carbocycles. The predicted molar refractivity (Wildman–Crippen MR) is 128 cm³/mol. The number of benzene rings is 3. The van der Waals surface area contributed by atoms with E-state index in [1.54, 1.807) is 0 Å². The molecule has 0 aliphatic carbocycles. The van der Waals surface area contributed by atoms with Gasteiger partial charge in [-0.1, -0.05) is 48.5 Å². The van der Waals surface area contributed by atoms with Crippen molar-refractivity contribution in [1.29, 1.82) is 0 Å². The van der Waals surface area contributed by atoms with Crippen LogP contribution in [0.4, 0.5) is 5.69 Å². The predicted octanol–water partition coefficient (Wildman–Crippen LogP) is 6.25. The van der Waals surface area contributed by atoms with Gasteiger partial charge < -0.3 is 4.90 Å². The summed E-state index contributed by atoms with van der Waals surface area (Å²) in [6, 6.07) is 21.5. The number of amides is 1. The van der Waals surface area contributed by atoms with Crippen LogP contribution in [0.1, 0.15) is 51.4 Å². The number of fused-ring (bicyclic) bond motifs is 1. The topological polar surface area (TPSA) is 32.7 Å². The molecule has 1 amide bonds. The normalized spacial score (nSPS) is 15.9. The van der Waals surface area contributed by atoms with Gasteiger partial charge in [0.1, 0.15) is 0 Å². The summed E-state index contributed by atoms with van der Waals surface area (Å²) < 4.78 is 0. The summed E-state index contributed by atoms with van der Waals surface area (Å²) in [5.74, 6) is 0.648. The highest BCUT2D eigenvalue weighted by atomic mass is 16.2. The Morgan fingerprint density at radius 1 is 0.968 bits per heavy atom. The molecule has 0 aromatic heterocycles. The van der Waals surface area contributed by atoms with E-state index in [2.05, 4.69) is 61.3 Å². The van der Waals surface area contributed by atoms with E-state index in [-0.39, 0.29) is 5.91 Å². The Kier molecular flexibility index (Phi) is 5.19. The highest BCUT2D eigenvalue weighted by Crippen LogP contribution is 2.32. The summed E-state index contributed by atoms with van der Waals surface area (Å²) in [7, 11) is 0. The first-order valence-electron chi connectivity index (χ1n) is 11.2. The molecule has 3 heteroatoms. The van der Waals surface area contributed by atoms with Crippen molar-refractivity contribution in [1.82, 2.24) is 4.90 Å². The number of piperidine rings is 1. The lowest BCUT2D eigenvalue weighted by molar-refractivity contribution is 0.0713. The van der Waals surface area contributed by atoms with Gasteiger partial charge in [0.05, 0.1) is 5.69 Å². The van der Waals surface area contributed by atoms with E-state index >= 15 is 0 Å². The van der Waals surface area contributed by atoms with Crippen LogP contribution in [0.5, 0.6) is 0 Å². The third kappa shape index (κ3) is 3.81. The van der Waals surface area contributed by atoms with E-state index in [1.165, 1.54) is 33.4 Å². The van der Waals surface area contributed by atoms with Crippen molar-refractivity contribution in [3.05, 3.63) is 88.5 Å². The molecular weight excluding hydrogens is 380 g/mol. The third-order valence-electron chi connectivity index (χ3n) is 6.95. The summed E-state index contributed by atoms with van der Waals surface area (Å²) in [6.45, 7) is 5.97. The van der Waals surface area contributed by atoms with Crippen LogP contribution in [-0.2, 0) is 6.42 Å². The molecule has 0 N–H and O–H groups in total. The van der Waals surface area contributed by atoms with Gasteiger partial charge in [-0.05, 0) is 78.1 Å². The molecule has 2 heterocycles. The molecule has 5 rings (SSSR count). The molecule has 0 radical (unpaired) electrons. The van der Waals surface area contributed by atoms with Crippen molar-refractivity contribution in [3.63, 3.8) is 0 Å². The molecule has 2 aliphatic rings. The highest BCUT2D eigenvalue weighted by Gasteiger charge is 2.25. The zero-order valence-corrected chi connectivity index (χ0v) is 18.3. The second kappa shape index (κ2) is 8.14. The van der Waals surface area contributed by atoms with E-state index in [0.29, 0.717) is 5.92 Å². The summed E-state index contributed by atoms with van der Waals surface area (Å²) in [5.41, 5.74) is 9.56. The molecule has 1 fully saturated rings. The van der Waals surface area contributed by atoms with Gasteiger partial charge in [-0.2, -0.15) is 0 Å². The maximum atomic E-state index is 13.0. The molecule has 0 bridgehead atoms. The molecule has 156 valence electrons. The van der Waals surface area contributed by atoms with Gasteiger partial charge in [-0.25, -0.2) is 0 Å². The zero-order valence-electron chi connectivity index (χ0n) is 18.3. The lowest BCUT2D eigenvalue weighted by atomic mass is 9.87. The van der Waals surface area contributed by atoms with Gasteiger partial charge >= 0.3 is 0 Å². The molecular formula is C28H28N2O. The minimum absolute atomic E-state index is 0.133. The van der Waals surface area contributed by atoms with Crippen molar-refractivity contribution in [2.75, 3.05) is 13.1 Å². The van der Waals surface area contributed by atoms with Crippen LogP contribution in [0.25, 0.3) is 11.1 Å². The van der Waals surface area contributed by atoms with E-state index < -0.39 is 0 Å². The van der Waals surface area contributed by atoms with Crippen LogP contribution in [-0.4, -0.2) is 30.1 Å². The highest BCUT2D eigenvalue weighted by molar-refractivity contribution is 5.96. The van der Waals surface area contributed by atoms with Gasteiger partial charge in [0.15, 0.2) is 0 Å². The largest absolute Gasteiger partial charge is 0.339 e. The van der Waals surface area contributed by atoms with Gasteiger partial charge in [-0.3, -0.25) is 9.79 Å². The summed E-state index contributed by atoms with van der Waals surface area (Å²) in [4.78, 5) is 19.4. The lowest BCUT2D eigenvalue weighted by Crippen LogP contribution is -2.37. The zero-order chi connectivity index (χ0) is 21.4. The Morgan fingerprint density at radius 3 is 2.52 bits per heavy atom. The number of hydrogen-bond donors (Lipinski definition) is 0. The maximum Gasteiger partial charge on any atom is 0.253 e. The fraction of sp³-hybridized carbons (Fsp3) is 0.286.